The Labute approximate surface area is 118 Å². The number of carbonyl (C=O) groups is 1. The summed E-state index contributed by atoms with van der Waals surface area (Å²) in [7, 11) is -4.14. The molecule has 0 aliphatic heterocycles. The van der Waals surface area contributed by atoms with E-state index in [2.05, 4.69) is 4.72 Å². The largest absolute Gasteiger partial charge is 0.368 e. The summed E-state index contributed by atoms with van der Waals surface area (Å²) in [6.07, 6.45) is 0. The maximum atomic E-state index is 12.1. The monoisotopic (exact) mass is 323 g/mol. The van der Waals surface area contributed by atoms with E-state index in [4.69, 9.17) is 11.6 Å². The molecule has 0 atom stereocenters. The van der Waals surface area contributed by atoms with E-state index < -0.39 is 32.1 Å². The molecule has 0 saturated heterocycles. The van der Waals surface area contributed by atoms with Gasteiger partial charge < -0.3 is 11.2 Å². The van der Waals surface area contributed by atoms with Crippen molar-refractivity contribution >= 4 is 38.0 Å². The van der Waals surface area contributed by atoms with Gasteiger partial charge in [-0.1, -0.05) is 11.3 Å². The van der Waals surface area contributed by atoms with Crippen LogP contribution < -0.4 is 21.7 Å². The van der Waals surface area contributed by atoms with E-state index in [9.17, 15) is 23.3 Å². The average Bonchev–Trinajstić information content (AvgIpc) is 2.71. The fourth-order valence-corrected chi connectivity index (χ4v) is 3.79. The second-order valence-corrected chi connectivity index (χ2v) is 7.24. The van der Waals surface area contributed by atoms with Crippen molar-refractivity contribution in [2.75, 3.05) is 5.43 Å². The lowest BCUT2D eigenvalue weighted by atomic mass is 10.1. The topological polar surface area (TPSA) is 170 Å². The number of sulfonamides is 1. The molecule has 0 bridgehead atoms. The number of hydrogen-bond donors (Lipinski definition) is 4. The van der Waals surface area contributed by atoms with Gasteiger partial charge in [-0.3, -0.25) is 14.9 Å². The van der Waals surface area contributed by atoms with Crippen LogP contribution in [0.25, 0.3) is 0 Å². The van der Waals surface area contributed by atoms with Crippen LogP contribution in [0, 0.1) is 10.1 Å². The van der Waals surface area contributed by atoms with E-state index >= 15 is 0 Å². The molecule has 1 aromatic rings. The van der Waals surface area contributed by atoms with Crippen molar-refractivity contribution in [1.29, 1.82) is 0 Å². The predicted molar refractivity (Wildman–Crippen MR) is 72.4 cm³/mol. The van der Waals surface area contributed by atoms with Crippen LogP contribution in [0.5, 0.6) is 0 Å². The van der Waals surface area contributed by atoms with Crippen LogP contribution in [0.3, 0.4) is 0 Å². The lowest BCUT2D eigenvalue weighted by molar-refractivity contribution is -0.383. The molecule has 0 saturated carbocycles. The van der Waals surface area contributed by atoms with Crippen molar-refractivity contribution in [3.8, 4) is 0 Å². The number of amides is 1. The molecule has 1 aromatic heterocycles. The molecule has 10 nitrogen and oxygen atoms in total. The van der Waals surface area contributed by atoms with Gasteiger partial charge in [-0.15, -0.1) is 0 Å². The molecule has 20 heavy (non-hydrogen) atoms. The summed E-state index contributed by atoms with van der Waals surface area (Å²) in [6, 6.07) is 0.846. The second-order valence-electron chi connectivity index (χ2n) is 4.28. The van der Waals surface area contributed by atoms with Crippen LogP contribution in [-0.4, -0.2) is 24.8 Å². The number of nitrogen functional groups attached to an aromatic ring is 1. The molecule has 0 aliphatic carbocycles. The van der Waals surface area contributed by atoms with Gasteiger partial charge in [0.1, 0.15) is 9.75 Å². The zero-order chi connectivity index (χ0) is 15.7. The number of hydrogen-bond acceptors (Lipinski definition) is 8. The van der Waals surface area contributed by atoms with Crippen molar-refractivity contribution in [2.24, 2.45) is 11.6 Å². The molecule has 0 aromatic carbocycles. The Balaban J connectivity index is 3.24. The van der Waals surface area contributed by atoms with Gasteiger partial charge in [-0.05, 0) is 13.8 Å². The average molecular weight is 323 g/mol. The van der Waals surface area contributed by atoms with Crippen LogP contribution in [0.4, 0.5) is 10.7 Å². The maximum absolute atomic E-state index is 12.1. The van der Waals surface area contributed by atoms with E-state index in [1.54, 1.807) is 0 Å². The molecule has 0 radical (unpaired) electrons. The third-order valence-electron chi connectivity index (χ3n) is 2.29. The quantitative estimate of drug-likeness (QED) is 0.310. The SMILES string of the molecule is CC(C)(NS(=O)(=O)c1cc([N+](=O)[O-])c(NN)s1)C(N)=O. The Kier molecular flexibility index (Phi) is 4.33. The standard InChI is InChI=1S/C8H13N5O5S2/c1-8(2,7(9)14)12-20(17,18)5-3-4(13(15)16)6(11-10)19-5/h3,11-12H,10H2,1-2H3,(H2,9,14). The number of primary amides is 1. The van der Waals surface area contributed by atoms with Gasteiger partial charge >= 0.3 is 5.69 Å². The lowest BCUT2D eigenvalue weighted by Crippen LogP contribution is -2.52. The molecule has 0 spiro atoms. The van der Waals surface area contributed by atoms with E-state index in [0.29, 0.717) is 11.3 Å². The van der Waals surface area contributed by atoms with Crippen LogP contribution in [0.2, 0.25) is 0 Å². The highest BCUT2D eigenvalue weighted by Gasteiger charge is 2.34. The number of nitrogens with two attached hydrogens (primary N) is 2. The highest BCUT2D eigenvalue weighted by atomic mass is 32.2. The molecule has 0 fully saturated rings. The zero-order valence-electron chi connectivity index (χ0n) is 10.5. The molecule has 12 heteroatoms. The van der Waals surface area contributed by atoms with Crippen LogP contribution in [0.1, 0.15) is 13.8 Å². The smallest absolute Gasteiger partial charge is 0.306 e. The van der Waals surface area contributed by atoms with Crippen LogP contribution in [0.15, 0.2) is 10.3 Å². The number of nitrogens with zero attached hydrogens (tertiary/aromatic N) is 1. The van der Waals surface area contributed by atoms with Crippen LogP contribution in [-0.2, 0) is 14.8 Å². The number of rotatable bonds is 6. The summed E-state index contributed by atoms with van der Waals surface area (Å²) in [5, 5.41) is 10.6. The lowest BCUT2D eigenvalue weighted by Gasteiger charge is -2.21. The van der Waals surface area contributed by atoms with Crippen molar-refractivity contribution in [3.05, 3.63) is 16.2 Å². The first-order valence-electron chi connectivity index (χ1n) is 5.10. The highest BCUT2D eigenvalue weighted by molar-refractivity contribution is 7.91. The number of carbonyl (C=O) groups excluding carboxylic acids is 1. The predicted octanol–water partition coefficient (Wildman–Crippen LogP) is -0.516. The third-order valence-corrected chi connectivity index (χ3v) is 5.47. The Bertz CT molecular complexity index is 650. The summed E-state index contributed by atoms with van der Waals surface area (Å²) in [4.78, 5) is 21.1. The minimum absolute atomic E-state index is 0.118. The number of nitro groups is 1. The highest BCUT2D eigenvalue weighted by Crippen LogP contribution is 2.36. The minimum atomic E-state index is -4.14. The number of nitrogens with one attached hydrogen (secondary N) is 2. The van der Waals surface area contributed by atoms with E-state index in [-0.39, 0.29) is 9.21 Å². The zero-order valence-corrected chi connectivity index (χ0v) is 12.2. The second kappa shape index (κ2) is 5.32. The van der Waals surface area contributed by atoms with E-state index in [1.165, 1.54) is 13.8 Å². The Morgan fingerprint density at radius 3 is 2.40 bits per heavy atom. The third kappa shape index (κ3) is 3.22. The fourth-order valence-electron chi connectivity index (χ4n) is 1.17. The first-order chi connectivity index (χ1) is 9.01. The molecule has 0 aliphatic rings. The summed E-state index contributed by atoms with van der Waals surface area (Å²) in [5.74, 6) is 4.20. The molecule has 0 unspecified atom stereocenters. The first kappa shape index (κ1) is 16.3. The summed E-state index contributed by atoms with van der Waals surface area (Å²) < 4.78 is 25.8. The molecule has 1 heterocycles. The molecule has 6 N–H and O–H groups in total. The Morgan fingerprint density at radius 2 is 2.05 bits per heavy atom. The van der Waals surface area contributed by atoms with Gasteiger partial charge in [0.15, 0.2) is 5.00 Å². The summed E-state index contributed by atoms with van der Waals surface area (Å²) in [6.45, 7) is 2.55. The maximum Gasteiger partial charge on any atom is 0.306 e. The van der Waals surface area contributed by atoms with Gasteiger partial charge in [-0.25, -0.2) is 14.3 Å². The van der Waals surface area contributed by atoms with E-state index in [0.717, 1.165) is 6.07 Å². The van der Waals surface area contributed by atoms with Crippen molar-refractivity contribution in [1.82, 2.24) is 4.72 Å². The number of hydrazine groups is 1. The van der Waals surface area contributed by atoms with Gasteiger partial charge in [0.2, 0.25) is 5.91 Å². The molecule has 1 amide bonds. The van der Waals surface area contributed by atoms with Gasteiger partial charge in [-0.2, -0.15) is 4.72 Å². The minimum Gasteiger partial charge on any atom is -0.368 e. The molecule has 1 rings (SSSR count). The molecule has 112 valence electrons. The number of anilines is 1. The fraction of sp³-hybridized carbons (Fsp3) is 0.375. The summed E-state index contributed by atoms with van der Waals surface area (Å²) in [5.41, 5.74) is 5.10. The molecular formula is C8H13N5O5S2. The van der Waals surface area contributed by atoms with Crippen molar-refractivity contribution < 1.29 is 18.1 Å². The van der Waals surface area contributed by atoms with Gasteiger partial charge in [0.25, 0.3) is 10.0 Å². The summed E-state index contributed by atoms with van der Waals surface area (Å²) >= 11 is 0.567. The first-order valence-corrected chi connectivity index (χ1v) is 7.40. The Hall–Kier alpha value is -1.76. The normalized spacial score (nSPS) is 12.2. The Morgan fingerprint density at radius 1 is 1.50 bits per heavy atom. The van der Waals surface area contributed by atoms with Crippen molar-refractivity contribution in [3.63, 3.8) is 0 Å². The van der Waals surface area contributed by atoms with Gasteiger partial charge in [0, 0.05) is 6.07 Å². The van der Waals surface area contributed by atoms with Crippen LogP contribution >= 0.6 is 11.3 Å². The van der Waals surface area contributed by atoms with Gasteiger partial charge in [0.05, 0.1) is 4.92 Å². The number of thiophene rings is 1. The molecular weight excluding hydrogens is 310 g/mol. The van der Waals surface area contributed by atoms with Crippen molar-refractivity contribution in [2.45, 2.75) is 23.6 Å². The van der Waals surface area contributed by atoms with E-state index in [1.807, 2.05) is 5.43 Å².